The Morgan fingerprint density at radius 1 is 1.40 bits per heavy atom. The summed E-state index contributed by atoms with van der Waals surface area (Å²) in [5.74, 6) is -6.20. The number of nitro benzene ring substituents is 1. The van der Waals surface area contributed by atoms with E-state index in [4.69, 9.17) is 9.47 Å². The first-order valence-electron chi connectivity index (χ1n) is 7.38. The minimum atomic E-state index is -2.62. The maximum absolute atomic E-state index is 12.3. The number of nitrogens with zero attached hydrogens (tertiary/aromatic N) is 1. The van der Waals surface area contributed by atoms with Gasteiger partial charge in [-0.1, -0.05) is 18.2 Å². The molecule has 25 heavy (non-hydrogen) atoms. The molecule has 0 spiro atoms. The second-order valence-corrected chi connectivity index (χ2v) is 5.23. The highest BCUT2D eigenvalue weighted by Gasteiger charge is 2.59. The van der Waals surface area contributed by atoms with E-state index in [0.717, 1.165) is 7.11 Å². The summed E-state index contributed by atoms with van der Waals surface area (Å²) in [6, 6.07) is 5.44. The van der Waals surface area contributed by atoms with Crippen molar-refractivity contribution < 1.29 is 33.8 Å². The van der Waals surface area contributed by atoms with Crippen LogP contribution in [0.1, 0.15) is 25.3 Å². The molecule has 1 aliphatic heterocycles. The fraction of sp³-hybridized carbons (Fsp3) is 0.375. The maximum Gasteiger partial charge on any atom is 0.380 e. The molecule has 1 aromatic carbocycles. The van der Waals surface area contributed by atoms with E-state index in [1.54, 1.807) is 0 Å². The van der Waals surface area contributed by atoms with Gasteiger partial charge in [0.2, 0.25) is 0 Å². The predicted molar refractivity (Wildman–Crippen MR) is 83.2 cm³/mol. The number of hydrogen-bond donors (Lipinski definition) is 1. The highest BCUT2D eigenvalue weighted by atomic mass is 16.7. The molecule has 0 aliphatic carbocycles. The zero-order valence-corrected chi connectivity index (χ0v) is 13.8. The predicted octanol–water partition coefficient (Wildman–Crippen LogP) is 1.41. The van der Waals surface area contributed by atoms with Crippen molar-refractivity contribution in [1.82, 2.24) is 0 Å². The fourth-order valence-corrected chi connectivity index (χ4v) is 2.78. The zero-order chi connectivity index (χ0) is 18.8. The highest BCUT2D eigenvalue weighted by molar-refractivity contribution is 5.95. The normalized spacial score (nSPS) is 22.3. The van der Waals surface area contributed by atoms with Crippen LogP contribution in [-0.2, 0) is 23.8 Å². The molecule has 0 aromatic heterocycles. The fourth-order valence-electron chi connectivity index (χ4n) is 2.78. The Morgan fingerprint density at radius 3 is 2.60 bits per heavy atom. The summed E-state index contributed by atoms with van der Waals surface area (Å²) in [5, 5.41) is 22.2. The van der Waals surface area contributed by atoms with Gasteiger partial charge in [-0.2, -0.15) is 0 Å². The van der Waals surface area contributed by atoms with Crippen LogP contribution in [0.25, 0.3) is 0 Å². The van der Waals surface area contributed by atoms with Gasteiger partial charge in [0.15, 0.2) is 0 Å². The topological polar surface area (TPSA) is 125 Å². The third-order valence-corrected chi connectivity index (χ3v) is 3.79. The second kappa shape index (κ2) is 6.89. The van der Waals surface area contributed by atoms with Crippen molar-refractivity contribution in [2.75, 3.05) is 13.7 Å². The Morgan fingerprint density at radius 2 is 2.04 bits per heavy atom. The molecule has 0 fully saturated rings. The van der Waals surface area contributed by atoms with Gasteiger partial charge in [-0.25, -0.2) is 9.59 Å². The number of methoxy groups -OCH3 is 1. The van der Waals surface area contributed by atoms with Crippen LogP contribution in [0.3, 0.4) is 0 Å². The number of carbonyl (C=O) groups is 2. The van der Waals surface area contributed by atoms with Gasteiger partial charge >= 0.3 is 17.7 Å². The van der Waals surface area contributed by atoms with E-state index in [2.05, 4.69) is 4.74 Å². The summed E-state index contributed by atoms with van der Waals surface area (Å²) in [6.45, 7) is 2.82. The number of esters is 2. The van der Waals surface area contributed by atoms with E-state index in [1.165, 1.54) is 38.1 Å². The third kappa shape index (κ3) is 3.05. The molecule has 0 saturated heterocycles. The smallest absolute Gasteiger partial charge is 0.380 e. The molecule has 1 N–H and O–H groups in total. The second-order valence-electron chi connectivity index (χ2n) is 5.23. The molecule has 0 radical (unpaired) electrons. The van der Waals surface area contributed by atoms with Crippen LogP contribution in [0, 0.1) is 10.1 Å². The summed E-state index contributed by atoms with van der Waals surface area (Å²) in [7, 11) is 1.11. The quantitative estimate of drug-likeness (QED) is 0.479. The summed E-state index contributed by atoms with van der Waals surface area (Å²) in [5.41, 5.74) is -0.636. The summed E-state index contributed by atoms with van der Waals surface area (Å²) >= 11 is 0. The lowest BCUT2D eigenvalue weighted by Crippen LogP contribution is -2.46. The Kier molecular flexibility index (Phi) is 5.07. The molecule has 0 unspecified atom stereocenters. The molecule has 1 aliphatic rings. The van der Waals surface area contributed by atoms with Crippen molar-refractivity contribution in [3.05, 3.63) is 51.3 Å². The summed E-state index contributed by atoms with van der Waals surface area (Å²) < 4.78 is 14.7. The molecule has 2 rings (SSSR count). The van der Waals surface area contributed by atoms with E-state index in [9.17, 15) is 24.8 Å². The number of carbonyl (C=O) groups excluding carboxylic acids is 2. The van der Waals surface area contributed by atoms with E-state index >= 15 is 0 Å². The van der Waals surface area contributed by atoms with Gasteiger partial charge in [0, 0.05) is 11.6 Å². The molecule has 134 valence electrons. The highest BCUT2D eigenvalue weighted by Crippen LogP contribution is 2.48. The van der Waals surface area contributed by atoms with Crippen molar-refractivity contribution in [2.24, 2.45) is 0 Å². The van der Waals surface area contributed by atoms with Crippen LogP contribution >= 0.6 is 0 Å². The Labute approximate surface area is 142 Å². The molecule has 0 saturated carbocycles. The van der Waals surface area contributed by atoms with E-state index in [0.29, 0.717) is 0 Å². The van der Waals surface area contributed by atoms with Gasteiger partial charge in [-0.3, -0.25) is 10.1 Å². The molecular weight excluding hydrogens is 334 g/mol. The maximum atomic E-state index is 12.3. The van der Waals surface area contributed by atoms with E-state index in [-0.39, 0.29) is 29.2 Å². The SMILES string of the molecule is CCOC(=O)[C@]1(O)OC(C)=C(C(=O)OC)[C@H]1c1ccccc1[N+](=O)[O-]. The Bertz CT molecular complexity index is 756. The van der Waals surface area contributed by atoms with Gasteiger partial charge in [-0.05, 0) is 13.8 Å². The first kappa shape index (κ1) is 18.4. The molecule has 9 heteroatoms. The largest absolute Gasteiger partial charge is 0.466 e. The van der Waals surface area contributed by atoms with E-state index < -0.39 is 28.6 Å². The van der Waals surface area contributed by atoms with Crippen molar-refractivity contribution >= 4 is 17.6 Å². The van der Waals surface area contributed by atoms with Crippen LogP contribution in [0.2, 0.25) is 0 Å². The van der Waals surface area contributed by atoms with Crippen LogP contribution < -0.4 is 0 Å². The van der Waals surface area contributed by atoms with Crippen molar-refractivity contribution in [2.45, 2.75) is 25.6 Å². The van der Waals surface area contributed by atoms with Gasteiger partial charge in [0.05, 0.1) is 24.2 Å². The number of ether oxygens (including phenoxy) is 3. The van der Waals surface area contributed by atoms with Crippen LogP contribution in [-0.4, -0.2) is 41.5 Å². The van der Waals surface area contributed by atoms with Crippen LogP contribution in [0.15, 0.2) is 35.6 Å². The number of allylic oxidation sites excluding steroid dienone is 1. The molecule has 1 aromatic rings. The molecule has 0 bridgehead atoms. The van der Waals surface area contributed by atoms with Gasteiger partial charge in [0.25, 0.3) is 5.69 Å². The molecule has 0 amide bonds. The molecular formula is C16H17NO8. The molecule has 9 nitrogen and oxygen atoms in total. The number of aliphatic hydroxyl groups is 1. The summed E-state index contributed by atoms with van der Waals surface area (Å²) in [6.07, 6.45) is 0. The minimum Gasteiger partial charge on any atom is -0.466 e. The number of rotatable bonds is 5. The molecule has 1 heterocycles. The Hall–Kier alpha value is -2.94. The zero-order valence-electron chi connectivity index (χ0n) is 13.8. The standard InChI is InChI=1S/C16H17NO8/c1-4-24-15(19)16(20)13(12(9(2)25-16)14(18)23-3)10-7-5-6-8-11(10)17(21)22/h5-8,13,20H,4H2,1-3H3/t13-,16-/m1/s1. The summed E-state index contributed by atoms with van der Waals surface area (Å²) in [4.78, 5) is 35.1. The average Bonchev–Trinajstić information content (AvgIpc) is 2.86. The van der Waals surface area contributed by atoms with Crippen molar-refractivity contribution in [1.29, 1.82) is 0 Å². The van der Waals surface area contributed by atoms with Crippen LogP contribution in [0.4, 0.5) is 5.69 Å². The van der Waals surface area contributed by atoms with Gasteiger partial charge < -0.3 is 19.3 Å². The lowest BCUT2D eigenvalue weighted by atomic mass is 9.84. The lowest BCUT2D eigenvalue weighted by Gasteiger charge is -2.27. The first-order chi connectivity index (χ1) is 11.8. The van der Waals surface area contributed by atoms with Crippen LogP contribution in [0.5, 0.6) is 0 Å². The minimum absolute atomic E-state index is 0.0548. The van der Waals surface area contributed by atoms with Crippen molar-refractivity contribution in [3.8, 4) is 0 Å². The Balaban J connectivity index is 2.70. The van der Waals surface area contributed by atoms with E-state index in [1.807, 2.05) is 0 Å². The third-order valence-electron chi connectivity index (χ3n) is 3.79. The number of benzene rings is 1. The average molecular weight is 351 g/mol. The van der Waals surface area contributed by atoms with Gasteiger partial charge in [0.1, 0.15) is 11.7 Å². The monoisotopic (exact) mass is 351 g/mol. The number of hydrogen-bond acceptors (Lipinski definition) is 8. The first-order valence-corrected chi connectivity index (χ1v) is 7.38. The molecule has 2 atom stereocenters. The number of para-hydroxylation sites is 1. The lowest BCUT2D eigenvalue weighted by molar-refractivity contribution is -0.386. The number of nitro groups is 1. The van der Waals surface area contributed by atoms with Gasteiger partial charge in [-0.15, -0.1) is 0 Å². The van der Waals surface area contributed by atoms with Crippen molar-refractivity contribution in [3.63, 3.8) is 0 Å².